The lowest BCUT2D eigenvalue weighted by atomic mass is 10.3. The Morgan fingerprint density at radius 3 is 0.395 bits per heavy atom. The molecule has 0 aliphatic carbocycles. The summed E-state index contributed by atoms with van der Waals surface area (Å²) in [4.78, 5) is 0. The Morgan fingerprint density at radius 1 is 0.198 bits per heavy atom. The van der Waals surface area contributed by atoms with Crippen molar-refractivity contribution in [2.75, 3.05) is 330 Å². The second kappa shape index (κ2) is 76.3. The minimum Gasteiger partial charge on any atom is -0.379 e. The highest BCUT2D eigenvalue weighted by Gasteiger charge is 2.01. The molecule has 0 saturated carbocycles. The molecule has 25 heteroatoms. The van der Waals surface area contributed by atoms with E-state index in [2.05, 4.69) is 12.5 Å². The van der Waals surface area contributed by atoms with Crippen LogP contribution in [-0.2, 0) is 118 Å². The Bertz CT molecular complexity index is 1200. The molecule has 0 spiro atoms. The molecule has 0 saturated heterocycles. The summed E-state index contributed by atoms with van der Waals surface area (Å²) in [6.45, 7) is 30.7. The molecule has 0 unspecified atom stereocenters. The molecule has 0 aromatic rings. The number of ether oxygens (including phenoxy) is 25. The summed E-state index contributed by atoms with van der Waals surface area (Å²) in [5, 5.41) is 0. The summed E-state index contributed by atoms with van der Waals surface area (Å²) in [6.07, 6.45) is 5.98. The van der Waals surface area contributed by atoms with Gasteiger partial charge in [0.15, 0.2) is 0 Å². The summed E-state index contributed by atoms with van der Waals surface area (Å²) in [7, 11) is 0. The third kappa shape index (κ3) is 78.3. The molecule has 0 aliphatic heterocycles. The maximum absolute atomic E-state index is 5.53. The van der Waals surface area contributed by atoms with Crippen molar-refractivity contribution in [1.82, 2.24) is 0 Å². The van der Waals surface area contributed by atoms with Crippen molar-refractivity contribution >= 4 is 0 Å². The van der Waals surface area contributed by atoms with Gasteiger partial charge in [-0.05, 0) is 13.3 Å². The number of hydrogen-bond donors (Lipinski definition) is 0. The molecule has 0 aromatic heterocycles. The van der Waals surface area contributed by atoms with Crippen molar-refractivity contribution in [3.63, 3.8) is 0 Å². The van der Waals surface area contributed by atoms with Crippen LogP contribution in [0.5, 0.6) is 0 Å². The minimum atomic E-state index is 0.300. The molecule has 0 aliphatic rings. The lowest BCUT2D eigenvalue weighted by Gasteiger charge is -2.09. The summed E-state index contributed by atoms with van der Waals surface area (Å²) in [5.41, 5.74) is 1.12. The van der Waals surface area contributed by atoms with Gasteiger partial charge in [-0.1, -0.05) is 11.5 Å². The summed E-state index contributed by atoms with van der Waals surface area (Å²) >= 11 is 0. The molecule has 0 bridgehead atoms. The smallest absolute Gasteiger partial charge is 0.107 e. The minimum absolute atomic E-state index is 0.300. The van der Waals surface area contributed by atoms with E-state index < -0.39 is 0 Å². The molecule has 0 aromatic carbocycles. The van der Waals surface area contributed by atoms with E-state index in [1.54, 1.807) is 0 Å². The molecule has 0 atom stereocenters. The first-order valence-electron chi connectivity index (χ1n) is 28.8. The molecule has 0 fully saturated rings. The van der Waals surface area contributed by atoms with Gasteiger partial charge in [0.25, 0.3) is 0 Å². The van der Waals surface area contributed by atoms with Crippen LogP contribution in [0.3, 0.4) is 0 Å². The Hall–Kier alpha value is -1.70. The monoisotopic (exact) mass is 1180 g/mol. The topological polar surface area (TPSA) is 231 Å². The van der Waals surface area contributed by atoms with Crippen molar-refractivity contribution in [2.45, 2.75) is 13.3 Å². The first-order chi connectivity index (χ1) is 40.3. The Kier molecular flexibility index (Phi) is 74.7. The SMILES string of the molecule is C#CCOCCOCCOCCOCCOCCOCCOCCOCCOCCOCCOCCOCCOCCOCCOCCOCCOCCOCCOCCOCCOCCOCCOCCOCCOCCC(=C)C. The Balaban J connectivity index is 3.08. The van der Waals surface area contributed by atoms with Crippen molar-refractivity contribution in [3.05, 3.63) is 12.2 Å². The van der Waals surface area contributed by atoms with Gasteiger partial charge in [0.05, 0.1) is 324 Å². The fourth-order valence-corrected chi connectivity index (χ4v) is 5.66. The lowest BCUT2D eigenvalue weighted by Crippen LogP contribution is -2.16. The zero-order valence-corrected chi connectivity index (χ0v) is 49.6. The van der Waals surface area contributed by atoms with Crippen LogP contribution in [0.15, 0.2) is 12.2 Å². The van der Waals surface area contributed by atoms with Crippen LogP contribution in [0.25, 0.3) is 0 Å². The summed E-state index contributed by atoms with van der Waals surface area (Å²) in [5.74, 6) is 2.40. The Labute approximate surface area is 485 Å². The molecule has 81 heavy (non-hydrogen) atoms. The molecular formula is C56H108O25. The van der Waals surface area contributed by atoms with Crippen molar-refractivity contribution in [2.24, 2.45) is 0 Å². The van der Waals surface area contributed by atoms with Gasteiger partial charge in [-0.3, -0.25) is 0 Å². The van der Waals surface area contributed by atoms with Crippen LogP contribution >= 0.6 is 0 Å². The highest BCUT2D eigenvalue weighted by Crippen LogP contribution is 1.96. The first kappa shape index (κ1) is 79.3. The van der Waals surface area contributed by atoms with Gasteiger partial charge in [-0.2, -0.15) is 0 Å². The first-order valence-corrected chi connectivity index (χ1v) is 28.8. The van der Waals surface area contributed by atoms with E-state index in [1.165, 1.54) is 0 Å². The van der Waals surface area contributed by atoms with Gasteiger partial charge in [0, 0.05) is 0 Å². The van der Waals surface area contributed by atoms with Crippen LogP contribution in [0, 0.1) is 12.3 Å². The zero-order chi connectivity index (χ0) is 58.0. The molecular weight excluding hydrogens is 1070 g/mol. The van der Waals surface area contributed by atoms with E-state index >= 15 is 0 Å². The highest BCUT2D eigenvalue weighted by molar-refractivity contribution is 4.87. The van der Waals surface area contributed by atoms with Crippen LogP contribution in [-0.4, -0.2) is 330 Å². The van der Waals surface area contributed by atoms with Gasteiger partial charge in [0.1, 0.15) is 6.61 Å². The average Bonchev–Trinajstić information content (AvgIpc) is 3.47. The van der Waals surface area contributed by atoms with E-state index in [9.17, 15) is 0 Å². The van der Waals surface area contributed by atoms with Crippen molar-refractivity contribution in [1.29, 1.82) is 0 Å². The predicted octanol–water partition coefficient (Wildman–Crippen LogP) is 2.00. The summed E-state index contributed by atoms with van der Waals surface area (Å²) < 4.78 is 137. The third-order valence-electron chi connectivity index (χ3n) is 9.79. The molecule has 25 nitrogen and oxygen atoms in total. The van der Waals surface area contributed by atoms with Gasteiger partial charge in [-0.15, -0.1) is 13.0 Å². The van der Waals surface area contributed by atoms with Crippen molar-refractivity contribution < 1.29 is 118 Å². The number of hydrogen-bond acceptors (Lipinski definition) is 25. The second-order valence-electron chi connectivity index (χ2n) is 16.7. The molecule has 0 radical (unpaired) electrons. The third-order valence-corrected chi connectivity index (χ3v) is 9.79. The molecule has 0 N–H and O–H groups in total. The quantitative estimate of drug-likeness (QED) is 0.0482. The zero-order valence-electron chi connectivity index (χ0n) is 49.6. The van der Waals surface area contributed by atoms with Gasteiger partial charge in [-0.25, -0.2) is 0 Å². The fraction of sp³-hybridized carbons (Fsp3) is 0.929. The van der Waals surface area contributed by atoms with Gasteiger partial charge in [0.2, 0.25) is 0 Å². The van der Waals surface area contributed by atoms with Gasteiger partial charge < -0.3 is 118 Å². The normalized spacial score (nSPS) is 11.6. The second-order valence-corrected chi connectivity index (χ2v) is 16.7. The standard InChI is InChI=1S/C56H108O25/c1-4-6-57-8-10-59-12-14-61-16-18-63-20-22-65-24-26-67-28-30-69-32-34-71-36-38-73-40-42-75-44-46-77-48-50-79-52-54-81-55-53-80-51-49-78-47-45-76-43-41-74-39-37-72-35-33-70-31-29-68-27-25-66-23-21-64-19-17-62-15-13-60-11-9-58-7-5-56(2)3/h1H,2,5-55H2,3H3. The predicted molar refractivity (Wildman–Crippen MR) is 299 cm³/mol. The van der Waals surface area contributed by atoms with Crippen LogP contribution in [0.4, 0.5) is 0 Å². The van der Waals surface area contributed by atoms with E-state index in [-0.39, 0.29) is 0 Å². The number of rotatable bonds is 76. The summed E-state index contributed by atoms with van der Waals surface area (Å²) in [6, 6.07) is 0. The van der Waals surface area contributed by atoms with E-state index in [4.69, 9.17) is 125 Å². The average molecular weight is 1180 g/mol. The van der Waals surface area contributed by atoms with Crippen molar-refractivity contribution in [3.8, 4) is 12.3 Å². The largest absolute Gasteiger partial charge is 0.379 e. The van der Waals surface area contributed by atoms with E-state index in [0.717, 1.165) is 12.0 Å². The Morgan fingerprint density at radius 2 is 0.296 bits per heavy atom. The van der Waals surface area contributed by atoms with E-state index in [0.29, 0.717) is 330 Å². The molecule has 482 valence electrons. The van der Waals surface area contributed by atoms with Crippen LogP contribution in [0.2, 0.25) is 0 Å². The van der Waals surface area contributed by atoms with Crippen LogP contribution < -0.4 is 0 Å². The number of terminal acetylenes is 1. The van der Waals surface area contributed by atoms with Crippen LogP contribution in [0.1, 0.15) is 13.3 Å². The highest BCUT2D eigenvalue weighted by atomic mass is 16.6. The maximum Gasteiger partial charge on any atom is 0.107 e. The maximum atomic E-state index is 5.53. The van der Waals surface area contributed by atoms with Gasteiger partial charge >= 0.3 is 0 Å². The van der Waals surface area contributed by atoms with E-state index in [1.807, 2.05) is 6.92 Å². The fourth-order valence-electron chi connectivity index (χ4n) is 5.66. The lowest BCUT2D eigenvalue weighted by molar-refractivity contribution is -0.0320. The molecule has 0 rings (SSSR count). The molecule has 0 heterocycles. The molecule has 0 amide bonds.